The Morgan fingerprint density at radius 2 is 1.96 bits per heavy atom. The summed E-state index contributed by atoms with van der Waals surface area (Å²) < 4.78 is 13.6. The molecule has 5 heteroatoms. The van der Waals surface area contributed by atoms with E-state index >= 15 is 0 Å². The second-order valence-electron chi connectivity index (χ2n) is 5.19. The zero-order valence-corrected chi connectivity index (χ0v) is 13.0. The van der Waals surface area contributed by atoms with Crippen LogP contribution < -0.4 is 5.32 Å². The second-order valence-corrected chi connectivity index (χ2v) is 5.63. The molecule has 0 unspecified atom stereocenters. The summed E-state index contributed by atoms with van der Waals surface area (Å²) in [4.78, 5) is 16.2. The average molecular weight is 329 g/mol. The third kappa shape index (κ3) is 3.85. The molecule has 1 aliphatic rings. The monoisotopic (exact) mass is 328 g/mol. The van der Waals surface area contributed by atoms with Gasteiger partial charge in [-0.3, -0.25) is 4.79 Å². The summed E-state index contributed by atoms with van der Waals surface area (Å²) >= 11 is 5.93. The van der Waals surface area contributed by atoms with E-state index in [0.717, 1.165) is 5.56 Å². The predicted molar refractivity (Wildman–Crippen MR) is 89.7 cm³/mol. The molecule has 1 N–H and O–H groups in total. The van der Waals surface area contributed by atoms with Crippen molar-refractivity contribution in [3.63, 3.8) is 0 Å². The molecule has 0 spiro atoms. The van der Waals surface area contributed by atoms with Crippen molar-refractivity contribution in [3.05, 3.63) is 76.2 Å². The van der Waals surface area contributed by atoms with Crippen LogP contribution in [0.3, 0.4) is 0 Å². The van der Waals surface area contributed by atoms with Gasteiger partial charge in [-0.05, 0) is 41.8 Å². The minimum Gasteiger partial charge on any atom is -0.309 e. The standard InChI is InChI=1S/C18H14ClFN2O/c19-14-6-3-4-12(10-14)11-16-18(23)22-17(21-16)9-8-13-5-1-2-7-15(13)20/h1-7,10-11H,8-9H2,(H,21,22,23)/b16-11+. The van der Waals surface area contributed by atoms with Crippen LogP contribution in [0.25, 0.3) is 6.08 Å². The number of nitrogens with zero attached hydrogens (tertiary/aromatic N) is 1. The Labute approximate surface area is 138 Å². The third-order valence-electron chi connectivity index (χ3n) is 3.49. The number of hydrogen-bond acceptors (Lipinski definition) is 2. The highest BCUT2D eigenvalue weighted by atomic mass is 35.5. The van der Waals surface area contributed by atoms with E-state index < -0.39 is 0 Å². The highest BCUT2D eigenvalue weighted by Gasteiger charge is 2.19. The van der Waals surface area contributed by atoms with E-state index in [1.165, 1.54) is 6.07 Å². The van der Waals surface area contributed by atoms with Crippen LogP contribution in [-0.4, -0.2) is 11.7 Å². The van der Waals surface area contributed by atoms with Crippen molar-refractivity contribution in [2.45, 2.75) is 12.8 Å². The predicted octanol–water partition coefficient (Wildman–Crippen LogP) is 3.98. The molecule has 0 saturated carbocycles. The number of hydrogen-bond donors (Lipinski definition) is 1. The first-order valence-corrected chi connectivity index (χ1v) is 7.59. The van der Waals surface area contributed by atoms with Crippen LogP contribution in [0.2, 0.25) is 5.02 Å². The number of carbonyl (C=O) groups excluding carboxylic acids is 1. The Morgan fingerprint density at radius 3 is 2.74 bits per heavy atom. The van der Waals surface area contributed by atoms with Crippen molar-refractivity contribution in [1.29, 1.82) is 0 Å². The fourth-order valence-electron chi connectivity index (χ4n) is 2.34. The van der Waals surface area contributed by atoms with E-state index in [-0.39, 0.29) is 11.7 Å². The minimum absolute atomic E-state index is 0.243. The number of rotatable bonds is 4. The Bertz CT molecular complexity index is 814. The Morgan fingerprint density at radius 1 is 1.13 bits per heavy atom. The SMILES string of the molecule is O=C1NC(CCc2ccccc2F)=N/C1=C/c1cccc(Cl)c1. The molecular formula is C18H14ClFN2O. The number of aliphatic imine (C=N–C) groups is 1. The quantitative estimate of drug-likeness (QED) is 0.847. The molecule has 2 aromatic rings. The molecule has 0 radical (unpaired) electrons. The summed E-state index contributed by atoms with van der Waals surface area (Å²) in [5.41, 5.74) is 1.74. The van der Waals surface area contributed by atoms with Crippen LogP contribution in [0.1, 0.15) is 17.5 Å². The topological polar surface area (TPSA) is 41.5 Å². The molecule has 0 fully saturated rings. The Kier molecular flexibility index (Phi) is 4.53. The molecule has 3 nitrogen and oxygen atoms in total. The smallest absolute Gasteiger partial charge is 0.275 e. The maximum absolute atomic E-state index is 13.6. The lowest BCUT2D eigenvalue weighted by atomic mass is 10.1. The molecule has 116 valence electrons. The van der Waals surface area contributed by atoms with Crippen molar-refractivity contribution >= 4 is 29.4 Å². The normalized spacial score (nSPS) is 15.7. The van der Waals surface area contributed by atoms with Crippen molar-refractivity contribution < 1.29 is 9.18 Å². The van der Waals surface area contributed by atoms with Gasteiger partial charge < -0.3 is 5.32 Å². The molecule has 1 heterocycles. The summed E-state index contributed by atoms with van der Waals surface area (Å²) in [6, 6.07) is 13.8. The van der Waals surface area contributed by atoms with E-state index in [9.17, 15) is 9.18 Å². The van der Waals surface area contributed by atoms with Crippen molar-refractivity contribution in [2.75, 3.05) is 0 Å². The first-order chi connectivity index (χ1) is 11.1. The molecule has 0 bridgehead atoms. The number of carbonyl (C=O) groups is 1. The van der Waals surface area contributed by atoms with Gasteiger partial charge in [0.05, 0.1) is 0 Å². The van der Waals surface area contributed by atoms with Gasteiger partial charge in [0, 0.05) is 11.4 Å². The highest BCUT2D eigenvalue weighted by Crippen LogP contribution is 2.17. The molecule has 0 aliphatic carbocycles. The molecule has 1 amide bonds. The lowest BCUT2D eigenvalue weighted by molar-refractivity contribution is -0.115. The molecule has 23 heavy (non-hydrogen) atoms. The summed E-state index contributed by atoms with van der Waals surface area (Å²) in [5, 5.41) is 3.31. The maximum atomic E-state index is 13.6. The molecule has 3 rings (SSSR count). The van der Waals surface area contributed by atoms with E-state index in [4.69, 9.17) is 11.6 Å². The molecule has 1 aliphatic heterocycles. The van der Waals surface area contributed by atoms with Crippen LogP contribution >= 0.6 is 11.6 Å². The molecular weight excluding hydrogens is 315 g/mol. The minimum atomic E-state index is -0.256. The van der Waals surface area contributed by atoms with E-state index in [1.807, 2.05) is 12.1 Å². The largest absolute Gasteiger partial charge is 0.309 e. The van der Waals surface area contributed by atoms with Crippen LogP contribution in [-0.2, 0) is 11.2 Å². The lowest BCUT2D eigenvalue weighted by Crippen LogP contribution is -2.24. The number of halogens is 2. The van der Waals surface area contributed by atoms with Crippen LogP contribution in [0.15, 0.2) is 59.2 Å². The summed E-state index contributed by atoms with van der Waals surface area (Å²) in [6.45, 7) is 0. The van der Waals surface area contributed by atoms with Crippen LogP contribution in [0.5, 0.6) is 0 Å². The highest BCUT2D eigenvalue weighted by molar-refractivity contribution is 6.30. The number of amides is 1. The average Bonchev–Trinajstić information content (AvgIpc) is 2.87. The Hall–Kier alpha value is -2.46. The van der Waals surface area contributed by atoms with Crippen LogP contribution in [0, 0.1) is 5.82 Å². The molecule has 0 aromatic heterocycles. The van der Waals surface area contributed by atoms with E-state index in [0.29, 0.717) is 35.0 Å². The van der Waals surface area contributed by atoms with Gasteiger partial charge in [0.1, 0.15) is 17.3 Å². The summed E-state index contributed by atoms with van der Waals surface area (Å²) in [5.74, 6) is 0.0483. The summed E-state index contributed by atoms with van der Waals surface area (Å²) in [6.07, 6.45) is 2.63. The molecule has 2 aromatic carbocycles. The van der Waals surface area contributed by atoms with Gasteiger partial charge in [-0.25, -0.2) is 9.38 Å². The van der Waals surface area contributed by atoms with Crippen LogP contribution in [0.4, 0.5) is 4.39 Å². The van der Waals surface area contributed by atoms with Gasteiger partial charge in [-0.1, -0.05) is 41.9 Å². The zero-order valence-electron chi connectivity index (χ0n) is 12.2. The van der Waals surface area contributed by atoms with E-state index in [2.05, 4.69) is 10.3 Å². The first-order valence-electron chi connectivity index (χ1n) is 7.21. The fourth-order valence-corrected chi connectivity index (χ4v) is 2.54. The van der Waals surface area contributed by atoms with Gasteiger partial charge in [0.15, 0.2) is 0 Å². The molecule has 0 saturated heterocycles. The summed E-state index contributed by atoms with van der Waals surface area (Å²) in [7, 11) is 0. The third-order valence-corrected chi connectivity index (χ3v) is 3.72. The van der Waals surface area contributed by atoms with E-state index in [1.54, 1.807) is 36.4 Å². The van der Waals surface area contributed by atoms with Crippen molar-refractivity contribution in [3.8, 4) is 0 Å². The number of benzene rings is 2. The van der Waals surface area contributed by atoms with Crippen molar-refractivity contribution in [1.82, 2.24) is 5.32 Å². The van der Waals surface area contributed by atoms with Crippen molar-refractivity contribution in [2.24, 2.45) is 4.99 Å². The number of nitrogens with one attached hydrogen (secondary N) is 1. The van der Waals surface area contributed by atoms with Gasteiger partial charge in [0.2, 0.25) is 0 Å². The van der Waals surface area contributed by atoms with Gasteiger partial charge in [-0.15, -0.1) is 0 Å². The maximum Gasteiger partial charge on any atom is 0.275 e. The second kappa shape index (κ2) is 6.75. The zero-order chi connectivity index (χ0) is 16.2. The first kappa shape index (κ1) is 15.4. The number of aryl methyl sites for hydroxylation is 1. The van der Waals surface area contributed by atoms with Gasteiger partial charge in [0.25, 0.3) is 5.91 Å². The van der Waals surface area contributed by atoms with Gasteiger partial charge in [-0.2, -0.15) is 0 Å². The fraction of sp³-hybridized carbons (Fsp3) is 0.111. The number of amidine groups is 1. The van der Waals surface area contributed by atoms with Gasteiger partial charge >= 0.3 is 0 Å². The lowest BCUT2D eigenvalue weighted by Gasteiger charge is -2.02. The molecule has 0 atom stereocenters. The Balaban J connectivity index is 1.73.